The molecule has 1 aliphatic rings. The molecule has 2 aromatic carbocycles. The van der Waals surface area contributed by atoms with Crippen LogP contribution in [0.5, 0.6) is 0 Å². The third kappa shape index (κ3) is 4.46. The smallest absolute Gasteiger partial charge is 0.207 e. The SMILES string of the molecule is CCCN(Cc1ccccc1)S(=O)(=O)c1ccc(S(=O)(=O)N2CCCC2)cc1. The fraction of sp³-hybridized carbons (Fsp3) is 0.400. The quantitative estimate of drug-likeness (QED) is 0.655. The van der Waals surface area contributed by atoms with Gasteiger partial charge in [-0.05, 0) is 49.1 Å². The summed E-state index contributed by atoms with van der Waals surface area (Å²) in [7, 11) is -7.27. The highest BCUT2D eigenvalue weighted by molar-refractivity contribution is 7.89. The first-order valence-corrected chi connectivity index (χ1v) is 12.4. The van der Waals surface area contributed by atoms with Crippen LogP contribution in [0.2, 0.25) is 0 Å². The Labute approximate surface area is 167 Å². The van der Waals surface area contributed by atoms with E-state index in [-0.39, 0.29) is 16.3 Å². The van der Waals surface area contributed by atoms with Gasteiger partial charge in [0.05, 0.1) is 9.79 Å². The van der Waals surface area contributed by atoms with Crippen molar-refractivity contribution in [2.24, 2.45) is 0 Å². The molecule has 2 aromatic rings. The molecule has 0 N–H and O–H groups in total. The Morgan fingerprint density at radius 1 is 0.857 bits per heavy atom. The highest BCUT2D eigenvalue weighted by atomic mass is 32.2. The molecule has 0 saturated carbocycles. The summed E-state index contributed by atoms with van der Waals surface area (Å²) in [4.78, 5) is 0.246. The minimum absolute atomic E-state index is 0.109. The van der Waals surface area contributed by atoms with Gasteiger partial charge >= 0.3 is 0 Å². The number of benzene rings is 2. The van der Waals surface area contributed by atoms with Gasteiger partial charge in [-0.1, -0.05) is 37.3 Å². The van der Waals surface area contributed by atoms with Crippen LogP contribution in [0.1, 0.15) is 31.7 Å². The number of nitrogens with zero attached hydrogens (tertiary/aromatic N) is 2. The van der Waals surface area contributed by atoms with Crippen molar-refractivity contribution in [2.45, 2.75) is 42.5 Å². The molecule has 0 unspecified atom stereocenters. The molecule has 28 heavy (non-hydrogen) atoms. The van der Waals surface area contributed by atoms with E-state index in [4.69, 9.17) is 0 Å². The van der Waals surface area contributed by atoms with Crippen molar-refractivity contribution in [2.75, 3.05) is 19.6 Å². The second kappa shape index (κ2) is 8.73. The molecule has 6 nitrogen and oxygen atoms in total. The molecule has 0 radical (unpaired) electrons. The average Bonchev–Trinajstić information content (AvgIpc) is 3.24. The summed E-state index contributed by atoms with van der Waals surface area (Å²) in [6.45, 7) is 3.64. The Morgan fingerprint density at radius 2 is 1.43 bits per heavy atom. The Kier molecular flexibility index (Phi) is 6.54. The van der Waals surface area contributed by atoms with E-state index in [9.17, 15) is 16.8 Å². The molecule has 0 atom stereocenters. The summed E-state index contributed by atoms with van der Waals surface area (Å²) >= 11 is 0. The first kappa shape index (κ1) is 21.0. The van der Waals surface area contributed by atoms with Crippen molar-refractivity contribution in [1.82, 2.24) is 8.61 Å². The molecule has 3 rings (SSSR count). The second-order valence-electron chi connectivity index (χ2n) is 6.91. The molecule has 1 saturated heterocycles. The molecule has 152 valence electrons. The van der Waals surface area contributed by atoms with Crippen LogP contribution in [0, 0.1) is 0 Å². The molecular weight excluding hydrogens is 396 g/mol. The van der Waals surface area contributed by atoms with Gasteiger partial charge < -0.3 is 0 Å². The maximum Gasteiger partial charge on any atom is 0.243 e. The fourth-order valence-electron chi connectivity index (χ4n) is 3.33. The van der Waals surface area contributed by atoms with Gasteiger partial charge in [0.1, 0.15) is 0 Å². The van der Waals surface area contributed by atoms with Gasteiger partial charge in [0.25, 0.3) is 0 Å². The lowest BCUT2D eigenvalue weighted by atomic mass is 10.2. The Morgan fingerprint density at radius 3 is 2.00 bits per heavy atom. The largest absolute Gasteiger partial charge is 0.243 e. The van der Waals surface area contributed by atoms with Crippen molar-refractivity contribution in [3.8, 4) is 0 Å². The first-order chi connectivity index (χ1) is 13.4. The van der Waals surface area contributed by atoms with E-state index < -0.39 is 20.0 Å². The van der Waals surface area contributed by atoms with E-state index in [0.717, 1.165) is 18.4 Å². The van der Waals surface area contributed by atoms with E-state index in [2.05, 4.69) is 0 Å². The predicted molar refractivity (Wildman–Crippen MR) is 109 cm³/mol. The summed E-state index contributed by atoms with van der Waals surface area (Å²) in [5, 5.41) is 0. The minimum Gasteiger partial charge on any atom is -0.207 e. The van der Waals surface area contributed by atoms with Crippen LogP contribution in [0.4, 0.5) is 0 Å². The molecular formula is C20H26N2O4S2. The molecule has 1 heterocycles. The Balaban J connectivity index is 1.85. The number of hydrogen-bond donors (Lipinski definition) is 0. The van der Waals surface area contributed by atoms with Gasteiger partial charge in [0.15, 0.2) is 0 Å². The average molecular weight is 423 g/mol. The van der Waals surface area contributed by atoms with E-state index in [1.807, 2.05) is 37.3 Å². The lowest BCUT2D eigenvalue weighted by Gasteiger charge is -2.22. The third-order valence-electron chi connectivity index (χ3n) is 4.84. The van der Waals surface area contributed by atoms with Gasteiger partial charge in [-0.15, -0.1) is 0 Å². The van der Waals surface area contributed by atoms with E-state index in [0.29, 0.717) is 26.1 Å². The zero-order valence-electron chi connectivity index (χ0n) is 16.0. The minimum atomic E-state index is -3.72. The predicted octanol–water partition coefficient (Wildman–Crippen LogP) is 3.07. The number of rotatable bonds is 8. The molecule has 8 heteroatoms. The number of hydrogen-bond acceptors (Lipinski definition) is 4. The van der Waals surface area contributed by atoms with E-state index in [1.54, 1.807) is 0 Å². The maximum absolute atomic E-state index is 13.1. The van der Waals surface area contributed by atoms with Crippen LogP contribution in [0.25, 0.3) is 0 Å². The summed E-state index contributed by atoms with van der Waals surface area (Å²) in [6, 6.07) is 15.0. The monoisotopic (exact) mass is 422 g/mol. The lowest BCUT2D eigenvalue weighted by molar-refractivity contribution is 0.405. The normalized spacial score (nSPS) is 15.9. The molecule has 0 bridgehead atoms. The number of sulfonamides is 2. The highest BCUT2D eigenvalue weighted by Gasteiger charge is 2.29. The Bertz CT molecular complexity index is 982. The highest BCUT2D eigenvalue weighted by Crippen LogP contribution is 2.24. The summed E-state index contributed by atoms with van der Waals surface area (Å²) in [5.41, 5.74) is 0.910. The van der Waals surface area contributed by atoms with Crippen molar-refractivity contribution in [3.63, 3.8) is 0 Å². The van der Waals surface area contributed by atoms with Gasteiger partial charge in [-0.3, -0.25) is 0 Å². The van der Waals surface area contributed by atoms with Crippen LogP contribution < -0.4 is 0 Å². The van der Waals surface area contributed by atoms with Crippen molar-refractivity contribution >= 4 is 20.0 Å². The van der Waals surface area contributed by atoms with Crippen LogP contribution >= 0.6 is 0 Å². The van der Waals surface area contributed by atoms with Crippen molar-refractivity contribution in [1.29, 1.82) is 0 Å². The molecule has 0 spiro atoms. The van der Waals surface area contributed by atoms with E-state index in [1.165, 1.54) is 32.9 Å². The molecule has 1 aliphatic heterocycles. The maximum atomic E-state index is 13.1. The van der Waals surface area contributed by atoms with Gasteiger partial charge in [-0.25, -0.2) is 16.8 Å². The molecule has 0 aromatic heterocycles. The third-order valence-corrected chi connectivity index (χ3v) is 8.61. The van der Waals surface area contributed by atoms with Crippen molar-refractivity contribution in [3.05, 3.63) is 60.2 Å². The van der Waals surface area contributed by atoms with Crippen LogP contribution in [-0.2, 0) is 26.6 Å². The fourth-order valence-corrected chi connectivity index (χ4v) is 6.37. The van der Waals surface area contributed by atoms with Crippen LogP contribution in [-0.4, -0.2) is 45.1 Å². The summed E-state index contributed by atoms with van der Waals surface area (Å²) in [5.74, 6) is 0. The summed E-state index contributed by atoms with van der Waals surface area (Å²) < 4.78 is 54.4. The standard InChI is InChI=1S/C20H26N2O4S2/c1-2-14-22(17-18-8-4-3-5-9-18)28(25,26)20-12-10-19(11-13-20)27(23,24)21-15-6-7-16-21/h3-5,8-13H,2,6-7,14-17H2,1H3. The Hall–Kier alpha value is -1.74. The zero-order valence-corrected chi connectivity index (χ0v) is 17.6. The molecule has 0 aliphatic carbocycles. The van der Waals surface area contributed by atoms with Gasteiger partial charge in [-0.2, -0.15) is 8.61 Å². The van der Waals surface area contributed by atoms with Crippen LogP contribution in [0.3, 0.4) is 0 Å². The first-order valence-electron chi connectivity index (χ1n) is 9.50. The molecule has 1 fully saturated rings. The van der Waals surface area contributed by atoms with Crippen LogP contribution in [0.15, 0.2) is 64.4 Å². The zero-order chi connectivity index (χ0) is 20.2. The topological polar surface area (TPSA) is 74.8 Å². The van der Waals surface area contributed by atoms with Gasteiger partial charge in [0.2, 0.25) is 20.0 Å². The van der Waals surface area contributed by atoms with Gasteiger partial charge in [0, 0.05) is 26.2 Å². The van der Waals surface area contributed by atoms with E-state index >= 15 is 0 Å². The van der Waals surface area contributed by atoms with Crippen molar-refractivity contribution < 1.29 is 16.8 Å². The second-order valence-corrected chi connectivity index (χ2v) is 10.8. The lowest BCUT2D eigenvalue weighted by Crippen LogP contribution is -2.31. The summed E-state index contributed by atoms with van der Waals surface area (Å²) in [6.07, 6.45) is 2.40. The molecule has 0 amide bonds.